The van der Waals surface area contributed by atoms with Crippen molar-refractivity contribution in [3.8, 4) is 0 Å². The van der Waals surface area contributed by atoms with Crippen LogP contribution in [0.2, 0.25) is 0 Å². The predicted octanol–water partition coefficient (Wildman–Crippen LogP) is 0.989. The maximum atomic E-state index is 11.5. The molecule has 0 aliphatic rings. The van der Waals surface area contributed by atoms with Gasteiger partial charge in [0.25, 0.3) is 5.91 Å². The molecule has 0 radical (unpaired) electrons. The van der Waals surface area contributed by atoms with E-state index in [1.807, 2.05) is 13.8 Å². The third-order valence-electron chi connectivity index (χ3n) is 1.66. The Balaban J connectivity index is 2.90. The fourth-order valence-corrected chi connectivity index (χ4v) is 1.15. The summed E-state index contributed by atoms with van der Waals surface area (Å²) in [5, 5.41) is 2.76. The van der Waals surface area contributed by atoms with Crippen LogP contribution < -0.4 is 16.8 Å². The number of carbonyl (C=O) groups excluding carboxylic acids is 1. The highest BCUT2D eigenvalue weighted by atomic mass is 16.1. The summed E-state index contributed by atoms with van der Waals surface area (Å²) in [6.07, 6.45) is 0. The summed E-state index contributed by atoms with van der Waals surface area (Å²) in [6, 6.07) is 4.93. The molecule has 0 aromatic heterocycles. The summed E-state index contributed by atoms with van der Waals surface area (Å²) >= 11 is 0. The Hall–Kier alpha value is -1.71. The van der Waals surface area contributed by atoms with Gasteiger partial charge in [-0.25, -0.2) is 0 Å². The van der Waals surface area contributed by atoms with E-state index in [4.69, 9.17) is 11.5 Å². The summed E-state index contributed by atoms with van der Waals surface area (Å²) < 4.78 is 0. The highest BCUT2D eigenvalue weighted by Gasteiger charge is 2.07. The molecule has 14 heavy (non-hydrogen) atoms. The number of amides is 1. The normalized spacial score (nSPS) is 10.2. The van der Waals surface area contributed by atoms with Crippen molar-refractivity contribution in [2.24, 2.45) is 0 Å². The molecule has 0 saturated heterocycles. The Morgan fingerprint density at radius 2 is 1.71 bits per heavy atom. The number of nitrogens with one attached hydrogen (secondary N) is 1. The van der Waals surface area contributed by atoms with Crippen molar-refractivity contribution in [3.63, 3.8) is 0 Å². The second-order valence-corrected chi connectivity index (χ2v) is 3.52. The van der Waals surface area contributed by atoms with Crippen molar-refractivity contribution in [1.29, 1.82) is 0 Å². The second kappa shape index (κ2) is 4.00. The lowest BCUT2D eigenvalue weighted by atomic mass is 10.1. The van der Waals surface area contributed by atoms with Gasteiger partial charge >= 0.3 is 0 Å². The first kappa shape index (κ1) is 10.4. The lowest BCUT2D eigenvalue weighted by Gasteiger charge is -2.09. The zero-order valence-corrected chi connectivity index (χ0v) is 8.37. The average Bonchev–Trinajstić information content (AvgIpc) is 2.00. The van der Waals surface area contributed by atoms with Crippen molar-refractivity contribution in [3.05, 3.63) is 23.8 Å². The van der Waals surface area contributed by atoms with E-state index in [1.54, 1.807) is 18.2 Å². The number of nitrogens with two attached hydrogens (primary N) is 2. The van der Waals surface area contributed by atoms with Gasteiger partial charge in [0, 0.05) is 23.0 Å². The smallest absolute Gasteiger partial charge is 0.251 e. The van der Waals surface area contributed by atoms with Crippen LogP contribution in [0.1, 0.15) is 24.2 Å². The minimum absolute atomic E-state index is 0.102. The first-order chi connectivity index (χ1) is 6.49. The van der Waals surface area contributed by atoms with Crippen LogP contribution >= 0.6 is 0 Å². The number of carbonyl (C=O) groups is 1. The number of anilines is 2. The van der Waals surface area contributed by atoms with E-state index in [2.05, 4.69) is 5.32 Å². The zero-order valence-electron chi connectivity index (χ0n) is 8.37. The van der Waals surface area contributed by atoms with Gasteiger partial charge in [0.1, 0.15) is 0 Å². The molecule has 5 N–H and O–H groups in total. The van der Waals surface area contributed by atoms with Crippen molar-refractivity contribution >= 4 is 17.3 Å². The molecule has 1 amide bonds. The topological polar surface area (TPSA) is 81.1 Å². The van der Waals surface area contributed by atoms with Gasteiger partial charge in [-0.15, -0.1) is 0 Å². The summed E-state index contributed by atoms with van der Waals surface area (Å²) in [4.78, 5) is 11.5. The molecule has 0 unspecified atom stereocenters. The first-order valence-electron chi connectivity index (χ1n) is 4.46. The quantitative estimate of drug-likeness (QED) is 0.612. The fourth-order valence-electron chi connectivity index (χ4n) is 1.15. The Morgan fingerprint density at radius 3 is 2.14 bits per heavy atom. The third-order valence-corrected chi connectivity index (χ3v) is 1.66. The predicted molar refractivity (Wildman–Crippen MR) is 57.9 cm³/mol. The van der Waals surface area contributed by atoms with Gasteiger partial charge in [-0.1, -0.05) is 0 Å². The standard InChI is InChI=1S/C10H15N3O/c1-6(2)13-10(14)7-3-8(11)5-9(12)4-7/h3-6H,11-12H2,1-2H3,(H,13,14). The van der Waals surface area contributed by atoms with Crippen LogP contribution in [0.15, 0.2) is 18.2 Å². The van der Waals surface area contributed by atoms with E-state index in [0.717, 1.165) is 0 Å². The third kappa shape index (κ3) is 2.65. The number of nitrogen functional groups attached to an aromatic ring is 2. The SMILES string of the molecule is CC(C)NC(=O)c1cc(N)cc(N)c1. The van der Waals surface area contributed by atoms with Crippen LogP contribution in [0.3, 0.4) is 0 Å². The highest BCUT2D eigenvalue weighted by Crippen LogP contribution is 2.13. The van der Waals surface area contributed by atoms with Crippen LogP contribution in [0.25, 0.3) is 0 Å². The van der Waals surface area contributed by atoms with Crippen molar-refractivity contribution < 1.29 is 4.79 Å². The Kier molecular flexibility index (Phi) is 2.96. The van der Waals surface area contributed by atoms with Crippen molar-refractivity contribution in [2.45, 2.75) is 19.9 Å². The first-order valence-corrected chi connectivity index (χ1v) is 4.46. The van der Waals surface area contributed by atoms with Gasteiger partial charge in [0.05, 0.1) is 0 Å². The Morgan fingerprint density at radius 1 is 1.21 bits per heavy atom. The van der Waals surface area contributed by atoms with Gasteiger partial charge in [0.2, 0.25) is 0 Å². The lowest BCUT2D eigenvalue weighted by molar-refractivity contribution is 0.0943. The van der Waals surface area contributed by atoms with E-state index in [9.17, 15) is 4.79 Å². The van der Waals surface area contributed by atoms with E-state index in [0.29, 0.717) is 16.9 Å². The summed E-state index contributed by atoms with van der Waals surface area (Å²) in [6.45, 7) is 3.79. The van der Waals surface area contributed by atoms with E-state index >= 15 is 0 Å². The van der Waals surface area contributed by atoms with Crippen LogP contribution in [-0.2, 0) is 0 Å². The minimum Gasteiger partial charge on any atom is -0.399 e. The largest absolute Gasteiger partial charge is 0.399 e. The molecule has 0 bridgehead atoms. The van der Waals surface area contributed by atoms with Gasteiger partial charge in [-0.2, -0.15) is 0 Å². The van der Waals surface area contributed by atoms with Crippen LogP contribution in [0.4, 0.5) is 11.4 Å². The molecule has 0 fully saturated rings. The molecule has 0 heterocycles. The maximum Gasteiger partial charge on any atom is 0.251 e. The van der Waals surface area contributed by atoms with Gasteiger partial charge in [-0.3, -0.25) is 4.79 Å². The molecule has 0 atom stereocenters. The lowest BCUT2D eigenvalue weighted by Crippen LogP contribution is -2.30. The number of hydrogen-bond donors (Lipinski definition) is 3. The molecule has 4 nitrogen and oxygen atoms in total. The van der Waals surface area contributed by atoms with E-state index < -0.39 is 0 Å². The Labute approximate surface area is 83.3 Å². The molecular weight excluding hydrogens is 178 g/mol. The van der Waals surface area contributed by atoms with Crippen LogP contribution in [-0.4, -0.2) is 11.9 Å². The summed E-state index contributed by atoms with van der Waals surface area (Å²) in [5.41, 5.74) is 12.6. The van der Waals surface area contributed by atoms with Gasteiger partial charge < -0.3 is 16.8 Å². The van der Waals surface area contributed by atoms with E-state index in [-0.39, 0.29) is 11.9 Å². The zero-order chi connectivity index (χ0) is 10.7. The fraction of sp³-hybridized carbons (Fsp3) is 0.300. The number of benzene rings is 1. The maximum absolute atomic E-state index is 11.5. The highest BCUT2D eigenvalue weighted by molar-refractivity contribution is 5.96. The molecule has 1 rings (SSSR count). The van der Waals surface area contributed by atoms with Crippen LogP contribution in [0, 0.1) is 0 Å². The molecule has 4 heteroatoms. The van der Waals surface area contributed by atoms with Crippen molar-refractivity contribution in [2.75, 3.05) is 11.5 Å². The van der Waals surface area contributed by atoms with E-state index in [1.165, 1.54) is 0 Å². The van der Waals surface area contributed by atoms with Crippen molar-refractivity contribution in [1.82, 2.24) is 5.32 Å². The Bertz CT molecular complexity index is 327. The van der Waals surface area contributed by atoms with Crippen LogP contribution in [0.5, 0.6) is 0 Å². The summed E-state index contributed by atoms with van der Waals surface area (Å²) in [7, 11) is 0. The summed E-state index contributed by atoms with van der Waals surface area (Å²) in [5.74, 6) is -0.154. The molecule has 0 aliphatic carbocycles. The second-order valence-electron chi connectivity index (χ2n) is 3.52. The number of rotatable bonds is 2. The van der Waals surface area contributed by atoms with Gasteiger partial charge in [0.15, 0.2) is 0 Å². The monoisotopic (exact) mass is 193 g/mol. The molecular formula is C10H15N3O. The molecule has 0 aliphatic heterocycles. The van der Waals surface area contributed by atoms with Gasteiger partial charge in [-0.05, 0) is 32.0 Å². The average molecular weight is 193 g/mol. The molecule has 76 valence electrons. The molecule has 0 saturated carbocycles. The number of hydrogen-bond acceptors (Lipinski definition) is 3. The molecule has 0 spiro atoms. The molecule has 1 aromatic carbocycles. The molecule has 1 aromatic rings. The minimum atomic E-state index is -0.154.